The number of piperazine rings is 1. The Labute approximate surface area is 214 Å². The van der Waals surface area contributed by atoms with Gasteiger partial charge in [-0.2, -0.15) is 0 Å². The first-order valence-electron chi connectivity index (χ1n) is 11.9. The van der Waals surface area contributed by atoms with Gasteiger partial charge < -0.3 is 9.80 Å². The summed E-state index contributed by atoms with van der Waals surface area (Å²) in [6.07, 6.45) is 0. The lowest BCUT2D eigenvalue weighted by Crippen LogP contribution is -2.51. The standard InChI is InChI=1S/C28H28ClF2N3O2/c29-26(22-4-2-1-3-5-22)28(36)33-17-14-32(15-18-33)16-19-34(20-21-6-10-24(30)11-7-21)27(35)23-8-12-25(31)13-9-23/h1-13,26H,14-20H2. The van der Waals surface area contributed by atoms with E-state index in [9.17, 15) is 18.4 Å². The molecule has 1 saturated heterocycles. The van der Waals surface area contributed by atoms with E-state index in [1.54, 1.807) is 21.9 Å². The normalized spacial score (nSPS) is 14.9. The fourth-order valence-corrected chi connectivity index (χ4v) is 4.50. The van der Waals surface area contributed by atoms with Crippen molar-refractivity contribution < 1.29 is 18.4 Å². The predicted octanol–water partition coefficient (Wildman–Crippen LogP) is 4.73. The van der Waals surface area contributed by atoms with E-state index in [1.807, 2.05) is 30.3 Å². The summed E-state index contributed by atoms with van der Waals surface area (Å²) < 4.78 is 26.7. The Morgan fingerprint density at radius 1 is 0.833 bits per heavy atom. The first kappa shape index (κ1) is 25.8. The molecule has 0 aliphatic carbocycles. The number of benzene rings is 3. The van der Waals surface area contributed by atoms with Crippen LogP contribution in [0.4, 0.5) is 8.78 Å². The highest BCUT2D eigenvalue weighted by Crippen LogP contribution is 2.23. The lowest BCUT2D eigenvalue weighted by molar-refractivity contribution is -0.132. The van der Waals surface area contributed by atoms with Gasteiger partial charge in [-0.15, -0.1) is 11.6 Å². The Morgan fingerprint density at radius 2 is 1.42 bits per heavy atom. The van der Waals surface area contributed by atoms with Crippen LogP contribution in [0.3, 0.4) is 0 Å². The molecule has 0 spiro atoms. The number of alkyl halides is 1. The molecule has 1 aliphatic heterocycles. The van der Waals surface area contributed by atoms with Crippen LogP contribution in [0, 0.1) is 11.6 Å². The summed E-state index contributed by atoms with van der Waals surface area (Å²) in [5.41, 5.74) is 1.97. The van der Waals surface area contributed by atoms with Gasteiger partial charge in [0.15, 0.2) is 0 Å². The van der Waals surface area contributed by atoms with Crippen LogP contribution in [0.25, 0.3) is 0 Å². The van der Waals surface area contributed by atoms with Crippen molar-refractivity contribution in [3.8, 4) is 0 Å². The summed E-state index contributed by atoms with van der Waals surface area (Å²) in [5.74, 6) is -1.07. The van der Waals surface area contributed by atoms with Crippen molar-refractivity contribution in [2.24, 2.45) is 0 Å². The first-order chi connectivity index (χ1) is 17.4. The fourth-order valence-electron chi connectivity index (χ4n) is 4.22. The molecule has 0 saturated carbocycles. The average molecular weight is 512 g/mol. The third-order valence-electron chi connectivity index (χ3n) is 6.34. The molecule has 1 aliphatic rings. The van der Waals surface area contributed by atoms with Gasteiger partial charge in [0.1, 0.15) is 17.0 Å². The lowest BCUT2D eigenvalue weighted by atomic mass is 10.1. The minimum atomic E-state index is -0.711. The molecule has 1 heterocycles. The quantitative estimate of drug-likeness (QED) is 0.411. The molecule has 0 aromatic heterocycles. The largest absolute Gasteiger partial charge is 0.339 e. The minimum Gasteiger partial charge on any atom is -0.339 e. The van der Waals surface area contributed by atoms with Crippen LogP contribution in [-0.4, -0.2) is 65.8 Å². The zero-order valence-electron chi connectivity index (χ0n) is 19.8. The summed E-state index contributed by atoms with van der Waals surface area (Å²) in [6.45, 7) is 3.79. The highest BCUT2D eigenvalue weighted by molar-refractivity contribution is 6.30. The van der Waals surface area contributed by atoms with Crippen molar-refractivity contribution in [2.75, 3.05) is 39.3 Å². The molecule has 1 unspecified atom stereocenters. The summed E-state index contributed by atoms with van der Waals surface area (Å²) in [6, 6.07) is 20.8. The van der Waals surface area contributed by atoms with Gasteiger partial charge in [-0.05, 0) is 47.5 Å². The van der Waals surface area contributed by atoms with Crippen LogP contribution in [-0.2, 0) is 11.3 Å². The number of amides is 2. The van der Waals surface area contributed by atoms with Crippen LogP contribution >= 0.6 is 11.6 Å². The smallest absolute Gasteiger partial charge is 0.254 e. The fraction of sp³-hybridized carbons (Fsp3) is 0.286. The van der Waals surface area contributed by atoms with Crippen molar-refractivity contribution in [3.63, 3.8) is 0 Å². The van der Waals surface area contributed by atoms with Crippen LogP contribution in [0.5, 0.6) is 0 Å². The molecule has 1 fully saturated rings. The number of hydrogen-bond donors (Lipinski definition) is 0. The number of rotatable bonds is 8. The zero-order valence-corrected chi connectivity index (χ0v) is 20.6. The monoisotopic (exact) mass is 511 g/mol. The Bertz CT molecular complexity index is 1150. The molecule has 1 atom stereocenters. The molecule has 8 heteroatoms. The number of nitrogens with zero attached hydrogens (tertiary/aromatic N) is 3. The number of halogens is 3. The third kappa shape index (κ3) is 6.68. The number of carbonyl (C=O) groups is 2. The lowest BCUT2D eigenvalue weighted by Gasteiger charge is -2.36. The number of hydrogen-bond acceptors (Lipinski definition) is 3. The molecule has 188 valence electrons. The average Bonchev–Trinajstić information content (AvgIpc) is 2.92. The second-order valence-electron chi connectivity index (χ2n) is 8.80. The second-order valence-corrected chi connectivity index (χ2v) is 9.24. The molecule has 2 amide bonds. The Morgan fingerprint density at radius 3 is 2.03 bits per heavy atom. The molecule has 3 aromatic rings. The molecular weight excluding hydrogens is 484 g/mol. The predicted molar refractivity (Wildman–Crippen MR) is 136 cm³/mol. The number of carbonyl (C=O) groups excluding carboxylic acids is 2. The Kier molecular flexibility index (Phi) is 8.67. The molecule has 0 N–H and O–H groups in total. The van der Waals surface area contributed by atoms with E-state index in [0.717, 1.165) is 11.1 Å². The minimum absolute atomic E-state index is 0.105. The van der Waals surface area contributed by atoms with E-state index in [-0.39, 0.29) is 17.6 Å². The maximum atomic E-state index is 13.4. The topological polar surface area (TPSA) is 43.9 Å². The van der Waals surface area contributed by atoms with E-state index in [0.29, 0.717) is 51.4 Å². The second kappa shape index (κ2) is 12.1. The van der Waals surface area contributed by atoms with Crippen LogP contribution in [0.2, 0.25) is 0 Å². The highest BCUT2D eigenvalue weighted by Gasteiger charge is 2.27. The van der Waals surface area contributed by atoms with Gasteiger partial charge in [0.25, 0.3) is 5.91 Å². The van der Waals surface area contributed by atoms with Crippen molar-refractivity contribution in [2.45, 2.75) is 11.9 Å². The van der Waals surface area contributed by atoms with Crippen LogP contribution < -0.4 is 0 Å². The third-order valence-corrected chi connectivity index (χ3v) is 6.78. The molecule has 0 bridgehead atoms. The van der Waals surface area contributed by atoms with Crippen LogP contribution in [0.1, 0.15) is 26.9 Å². The van der Waals surface area contributed by atoms with Gasteiger partial charge >= 0.3 is 0 Å². The molecule has 4 rings (SSSR count). The Balaban J connectivity index is 1.35. The summed E-state index contributed by atoms with van der Waals surface area (Å²) in [5, 5.41) is -0.711. The summed E-state index contributed by atoms with van der Waals surface area (Å²) in [7, 11) is 0. The van der Waals surface area contributed by atoms with E-state index >= 15 is 0 Å². The van der Waals surface area contributed by atoms with Crippen molar-refractivity contribution in [1.29, 1.82) is 0 Å². The van der Waals surface area contributed by atoms with Gasteiger partial charge in [-0.25, -0.2) is 8.78 Å². The molecule has 5 nitrogen and oxygen atoms in total. The van der Waals surface area contributed by atoms with Gasteiger partial charge in [-0.1, -0.05) is 42.5 Å². The van der Waals surface area contributed by atoms with E-state index < -0.39 is 11.2 Å². The van der Waals surface area contributed by atoms with Crippen molar-refractivity contribution in [1.82, 2.24) is 14.7 Å². The molecule has 0 radical (unpaired) electrons. The van der Waals surface area contributed by atoms with E-state index in [1.165, 1.54) is 36.4 Å². The van der Waals surface area contributed by atoms with Crippen molar-refractivity contribution >= 4 is 23.4 Å². The summed E-state index contributed by atoms with van der Waals surface area (Å²) >= 11 is 6.42. The van der Waals surface area contributed by atoms with Gasteiger partial charge in [0, 0.05) is 51.4 Å². The van der Waals surface area contributed by atoms with E-state index in [2.05, 4.69) is 4.90 Å². The van der Waals surface area contributed by atoms with Gasteiger partial charge in [0.2, 0.25) is 5.91 Å². The van der Waals surface area contributed by atoms with Crippen LogP contribution in [0.15, 0.2) is 78.9 Å². The highest BCUT2D eigenvalue weighted by atomic mass is 35.5. The Hall–Kier alpha value is -3.29. The first-order valence-corrected chi connectivity index (χ1v) is 12.3. The molecule has 3 aromatic carbocycles. The SMILES string of the molecule is O=C(c1ccc(F)cc1)N(CCN1CCN(C(=O)C(Cl)c2ccccc2)CC1)Cc1ccc(F)cc1. The van der Waals surface area contributed by atoms with E-state index in [4.69, 9.17) is 11.6 Å². The maximum Gasteiger partial charge on any atom is 0.254 e. The molecule has 36 heavy (non-hydrogen) atoms. The zero-order chi connectivity index (χ0) is 25.5. The maximum absolute atomic E-state index is 13.4. The van der Waals surface area contributed by atoms with Crippen molar-refractivity contribution in [3.05, 3.63) is 107 Å². The van der Waals surface area contributed by atoms with Gasteiger partial charge in [0.05, 0.1) is 0 Å². The summed E-state index contributed by atoms with van der Waals surface area (Å²) in [4.78, 5) is 31.7. The molecular formula is C28H28ClF2N3O2. The van der Waals surface area contributed by atoms with Gasteiger partial charge in [-0.3, -0.25) is 14.5 Å².